The minimum Gasteiger partial charge on any atom is -0.398 e. The molecule has 18 heavy (non-hydrogen) atoms. The summed E-state index contributed by atoms with van der Waals surface area (Å²) in [7, 11) is 0. The summed E-state index contributed by atoms with van der Waals surface area (Å²) in [5.41, 5.74) is 8.20. The van der Waals surface area contributed by atoms with Crippen molar-refractivity contribution >= 4 is 11.4 Å². The van der Waals surface area contributed by atoms with Gasteiger partial charge in [-0.05, 0) is 36.5 Å². The van der Waals surface area contributed by atoms with Crippen LogP contribution in [0.5, 0.6) is 0 Å². The van der Waals surface area contributed by atoms with E-state index < -0.39 is 0 Å². The molecule has 96 valence electrons. The first-order valence-electron chi connectivity index (χ1n) is 6.66. The van der Waals surface area contributed by atoms with Gasteiger partial charge in [0.15, 0.2) is 0 Å². The van der Waals surface area contributed by atoms with E-state index in [4.69, 9.17) is 11.0 Å². The van der Waals surface area contributed by atoms with Crippen LogP contribution in [0.25, 0.3) is 0 Å². The number of hydrogen-bond donors (Lipinski definition) is 2. The fourth-order valence-corrected chi connectivity index (χ4v) is 2.66. The van der Waals surface area contributed by atoms with E-state index in [2.05, 4.69) is 18.3 Å². The predicted octanol–water partition coefficient (Wildman–Crippen LogP) is 3.52. The van der Waals surface area contributed by atoms with Gasteiger partial charge in [0.05, 0.1) is 5.56 Å². The van der Waals surface area contributed by atoms with Crippen molar-refractivity contribution in [3.05, 3.63) is 23.8 Å². The molecule has 3 N–H and O–H groups in total. The molecule has 0 heterocycles. The third-order valence-electron chi connectivity index (χ3n) is 3.95. The topological polar surface area (TPSA) is 61.8 Å². The van der Waals surface area contributed by atoms with Crippen LogP contribution in [0.2, 0.25) is 0 Å². The zero-order valence-corrected chi connectivity index (χ0v) is 11.0. The second kappa shape index (κ2) is 5.30. The number of nitriles is 1. The minimum absolute atomic E-state index is 0.395. The predicted molar refractivity (Wildman–Crippen MR) is 75.3 cm³/mol. The maximum Gasteiger partial charge on any atom is 0.101 e. The van der Waals surface area contributed by atoms with Gasteiger partial charge in [-0.2, -0.15) is 5.26 Å². The maximum atomic E-state index is 8.95. The zero-order chi connectivity index (χ0) is 13.0. The number of nitrogens with zero attached hydrogens (tertiary/aromatic N) is 1. The van der Waals surface area contributed by atoms with Crippen LogP contribution >= 0.6 is 0 Å². The largest absolute Gasteiger partial charge is 0.398 e. The Bertz CT molecular complexity index is 453. The van der Waals surface area contributed by atoms with E-state index in [1.807, 2.05) is 12.1 Å². The first-order chi connectivity index (χ1) is 8.63. The molecule has 1 aliphatic carbocycles. The molecule has 0 amide bonds. The Balaban J connectivity index is 2.00. The van der Waals surface area contributed by atoms with Crippen molar-refractivity contribution in [3.63, 3.8) is 0 Å². The highest BCUT2D eigenvalue weighted by Crippen LogP contribution is 2.35. The first-order valence-corrected chi connectivity index (χ1v) is 6.66. The Hall–Kier alpha value is -1.69. The maximum absolute atomic E-state index is 8.95. The highest BCUT2D eigenvalue weighted by molar-refractivity contribution is 5.61. The van der Waals surface area contributed by atoms with Crippen molar-refractivity contribution in [1.29, 1.82) is 5.26 Å². The average Bonchev–Trinajstić information content (AvgIpc) is 2.39. The normalized spacial score (nSPS) is 18.0. The van der Waals surface area contributed by atoms with E-state index in [9.17, 15) is 0 Å². The van der Waals surface area contributed by atoms with Crippen LogP contribution in [0.4, 0.5) is 11.4 Å². The molecular formula is C15H21N3. The number of anilines is 2. The van der Waals surface area contributed by atoms with Crippen molar-refractivity contribution in [2.24, 2.45) is 5.41 Å². The number of nitrogen functional groups attached to an aromatic ring is 1. The van der Waals surface area contributed by atoms with Crippen molar-refractivity contribution in [2.45, 2.75) is 39.0 Å². The van der Waals surface area contributed by atoms with Crippen LogP contribution in [-0.2, 0) is 0 Å². The van der Waals surface area contributed by atoms with Crippen molar-refractivity contribution < 1.29 is 0 Å². The molecule has 1 saturated carbocycles. The average molecular weight is 243 g/mol. The fourth-order valence-electron chi connectivity index (χ4n) is 2.66. The van der Waals surface area contributed by atoms with Crippen molar-refractivity contribution in [1.82, 2.24) is 0 Å². The Morgan fingerprint density at radius 2 is 2.06 bits per heavy atom. The van der Waals surface area contributed by atoms with Crippen LogP contribution in [0.3, 0.4) is 0 Å². The van der Waals surface area contributed by atoms with E-state index in [1.165, 1.54) is 32.1 Å². The molecule has 1 aromatic carbocycles. The minimum atomic E-state index is 0.395. The lowest BCUT2D eigenvalue weighted by Gasteiger charge is -2.34. The molecule has 3 heteroatoms. The molecule has 1 aliphatic rings. The van der Waals surface area contributed by atoms with Gasteiger partial charge in [0.1, 0.15) is 6.07 Å². The van der Waals surface area contributed by atoms with Crippen LogP contribution < -0.4 is 11.1 Å². The standard InChI is InChI=1S/C15H21N3/c1-15(7-3-2-4-8-15)11-18-13-5-6-14(17)12(9-13)10-16/h5-6,9,18H,2-4,7-8,11,17H2,1H3. The van der Waals surface area contributed by atoms with E-state index in [-0.39, 0.29) is 0 Å². The van der Waals surface area contributed by atoms with Crippen LogP contribution in [0.1, 0.15) is 44.6 Å². The van der Waals surface area contributed by atoms with Gasteiger partial charge in [0.2, 0.25) is 0 Å². The third-order valence-corrected chi connectivity index (χ3v) is 3.95. The van der Waals surface area contributed by atoms with E-state index >= 15 is 0 Å². The second-order valence-corrected chi connectivity index (χ2v) is 5.64. The van der Waals surface area contributed by atoms with Crippen molar-refractivity contribution in [2.75, 3.05) is 17.6 Å². The van der Waals surface area contributed by atoms with Gasteiger partial charge in [-0.3, -0.25) is 0 Å². The number of benzene rings is 1. The van der Waals surface area contributed by atoms with Gasteiger partial charge in [0, 0.05) is 17.9 Å². The lowest BCUT2D eigenvalue weighted by molar-refractivity contribution is 0.233. The molecule has 0 aromatic heterocycles. The van der Waals surface area contributed by atoms with Gasteiger partial charge >= 0.3 is 0 Å². The SMILES string of the molecule is CC1(CNc2ccc(N)c(C#N)c2)CCCCC1. The number of hydrogen-bond acceptors (Lipinski definition) is 3. The molecule has 0 atom stereocenters. The highest BCUT2D eigenvalue weighted by Gasteiger charge is 2.26. The molecule has 0 radical (unpaired) electrons. The van der Waals surface area contributed by atoms with Crippen molar-refractivity contribution in [3.8, 4) is 6.07 Å². The number of nitrogens with two attached hydrogens (primary N) is 1. The summed E-state index contributed by atoms with van der Waals surface area (Å²) in [5.74, 6) is 0. The Morgan fingerprint density at radius 1 is 1.33 bits per heavy atom. The van der Waals surface area contributed by atoms with Crippen LogP contribution in [-0.4, -0.2) is 6.54 Å². The lowest BCUT2D eigenvalue weighted by Crippen LogP contribution is -2.28. The van der Waals surface area contributed by atoms with Gasteiger partial charge in [-0.1, -0.05) is 26.2 Å². The Kier molecular flexibility index (Phi) is 3.76. The highest BCUT2D eigenvalue weighted by atomic mass is 14.9. The van der Waals surface area contributed by atoms with Crippen LogP contribution in [0, 0.1) is 16.7 Å². The molecule has 1 aromatic rings. The third kappa shape index (κ3) is 2.95. The summed E-state index contributed by atoms with van der Waals surface area (Å²) < 4.78 is 0. The van der Waals surface area contributed by atoms with E-state index in [0.29, 0.717) is 16.7 Å². The number of nitrogens with one attached hydrogen (secondary N) is 1. The van der Waals surface area contributed by atoms with Gasteiger partial charge < -0.3 is 11.1 Å². The Labute approximate surface area is 109 Å². The van der Waals surface area contributed by atoms with Gasteiger partial charge in [0.25, 0.3) is 0 Å². The molecular weight excluding hydrogens is 222 g/mol. The smallest absolute Gasteiger partial charge is 0.101 e. The van der Waals surface area contributed by atoms with E-state index in [0.717, 1.165) is 12.2 Å². The number of rotatable bonds is 3. The molecule has 0 spiro atoms. The summed E-state index contributed by atoms with van der Waals surface area (Å²) in [6, 6.07) is 7.70. The second-order valence-electron chi connectivity index (χ2n) is 5.64. The van der Waals surface area contributed by atoms with Gasteiger partial charge in [-0.25, -0.2) is 0 Å². The zero-order valence-electron chi connectivity index (χ0n) is 11.0. The molecule has 0 bridgehead atoms. The van der Waals surface area contributed by atoms with E-state index in [1.54, 1.807) is 6.07 Å². The monoisotopic (exact) mass is 243 g/mol. The summed E-state index contributed by atoms with van der Waals surface area (Å²) in [6.07, 6.45) is 6.63. The quantitative estimate of drug-likeness (QED) is 0.798. The summed E-state index contributed by atoms with van der Waals surface area (Å²) in [6.45, 7) is 3.32. The Morgan fingerprint density at radius 3 is 2.72 bits per heavy atom. The molecule has 0 saturated heterocycles. The summed E-state index contributed by atoms with van der Waals surface area (Å²) in [4.78, 5) is 0. The van der Waals surface area contributed by atoms with Crippen LogP contribution in [0.15, 0.2) is 18.2 Å². The molecule has 0 unspecified atom stereocenters. The fraction of sp³-hybridized carbons (Fsp3) is 0.533. The molecule has 2 rings (SSSR count). The molecule has 3 nitrogen and oxygen atoms in total. The summed E-state index contributed by atoms with van der Waals surface area (Å²) in [5, 5.41) is 12.4. The first kappa shape index (κ1) is 12.8. The summed E-state index contributed by atoms with van der Waals surface area (Å²) >= 11 is 0. The molecule has 1 fully saturated rings. The molecule has 0 aliphatic heterocycles. The lowest BCUT2D eigenvalue weighted by atomic mass is 9.76. The van der Waals surface area contributed by atoms with Gasteiger partial charge in [-0.15, -0.1) is 0 Å².